The number of nitrogens with zero attached hydrogens (tertiary/aromatic N) is 7. The van der Waals surface area contributed by atoms with Crippen molar-refractivity contribution < 1.29 is 41.6 Å². The number of rotatable bonds is 23. The van der Waals surface area contributed by atoms with Gasteiger partial charge in [0.15, 0.2) is 0 Å². The number of nitrogens with one attached hydrogen (secondary N) is 1. The number of aromatic nitrogens is 5. The molecule has 18 heteroatoms. The molecule has 1 aliphatic rings. The summed E-state index contributed by atoms with van der Waals surface area (Å²) in [5, 5.41) is 17.4. The predicted molar refractivity (Wildman–Crippen MR) is 316 cm³/mol. The van der Waals surface area contributed by atoms with Crippen molar-refractivity contribution in [3.63, 3.8) is 0 Å². The molecule has 2 heterocycles. The number of pyridine rings is 1. The summed E-state index contributed by atoms with van der Waals surface area (Å²) in [4.78, 5) is 21.8. The largest absolute Gasteiger partial charge is 0.497 e. The van der Waals surface area contributed by atoms with E-state index in [2.05, 4.69) is 15.4 Å². The van der Waals surface area contributed by atoms with E-state index in [0.717, 1.165) is 52.2 Å². The van der Waals surface area contributed by atoms with Crippen LogP contribution in [-0.2, 0) is 53.9 Å². The summed E-state index contributed by atoms with van der Waals surface area (Å²) >= 11 is 0. The third kappa shape index (κ3) is 14.9. The maximum Gasteiger partial charge on any atom is 0.407 e. The van der Waals surface area contributed by atoms with Crippen LogP contribution in [0.25, 0.3) is 22.5 Å². The van der Waals surface area contributed by atoms with Crippen molar-refractivity contribution in [2.24, 2.45) is 5.92 Å². The summed E-state index contributed by atoms with van der Waals surface area (Å²) in [6.07, 6.45) is 4.63. The fourth-order valence-electron chi connectivity index (χ4n) is 10.2. The molecule has 9 rings (SSSR count). The molecule has 0 radical (unpaired) electrons. The molecule has 1 N–H and O–H groups in total. The van der Waals surface area contributed by atoms with Gasteiger partial charge in [-0.1, -0.05) is 72.8 Å². The lowest BCUT2D eigenvalue weighted by atomic mass is 9.82. The monoisotopic (exact) mass is 1130 g/mol. The fraction of sp³-hybridized carbons (Fsp3) is 0.328. The third-order valence-corrected chi connectivity index (χ3v) is 16.5. The summed E-state index contributed by atoms with van der Waals surface area (Å²) < 4.78 is 67.6. The number of ether oxygens (including phenoxy) is 6. The lowest BCUT2D eigenvalue weighted by Gasteiger charge is -2.31. The van der Waals surface area contributed by atoms with Gasteiger partial charge in [-0.15, -0.1) is 10.2 Å². The first-order valence-corrected chi connectivity index (χ1v) is 28.8. The first kappa shape index (κ1) is 58.2. The molecule has 0 unspecified atom stereocenters. The second-order valence-electron chi connectivity index (χ2n) is 21.5. The van der Waals surface area contributed by atoms with E-state index in [1.165, 1.54) is 9.10 Å². The number of sulfonamides is 1. The molecule has 0 aliphatic heterocycles. The van der Waals surface area contributed by atoms with Crippen molar-refractivity contribution in [2.45, 2.75) is 102 Å². The molecule has 6 aromatic carbocycles. The number of carbonyl (C=O) groups is 1. The molecular weight excluding hydrogens is 1060 g/mol. The van der Waals surface area contributed by atoms with Crippen LogP contribution in [0.2, 0.25) is 0 Å². The molecule has 0 spiro atoms. The minimum Gasteiger partial charge on any atom is -0.497 e. The van der Waals surface area contributed by atoms with Crippen LogP contribution in [0.1, 0.15) is 79.8 Å². The standard InChI is InChI=1S/C64H72N8O9S/c1-64(2,3)81-63(73)66-52-23-9-44(10-24-52)37-50-21-35-58(51-22-36-59(65-38-51)70(39-45-11-25-53(76-4)26-12-45)40-46-13-27-54(77-5)28-14-46)60(62-67-69-72(68-62)43-49-19-33-57(80-8)34-20-49)61(50)82(74,75)71(41-47-15-29-55(78-6)30-16-47)42-48-17-31-56(79-7)32-18-48/h11-22,25-36,38,44,52H,9-10,23-24,37,39-43H2,1-8H3,(H,66,73). The van der Waals surface area contributed by atoms with Gasteiger partial charge in [0.25, 0.3) is 0 Å². The van der Waals surface area contributed by atoms with E-state index < -0.39 is 21.7 Å². The van der Waals surface area contributed by atoms with E-state index in [0.29, 0.717) is 77.7 Å². The predicted octanol–water partition coefficient (Wildman–Crippen LogP) is 11.7. The molecule has 1 amide bonds. The summed E-state index contributed by atoms with van der Waals surface area (Å²) in [5.74, 6) is 4.43. The van der Waals surface area contributed by atoms with Crippen molar-refractivity contribution in [1.82, 2.24) is 34.8 Å². The average Bonchev–Trinajstić information content (AvgIpc) is 4.06. The summed E-state index contributed by atoms with van der Waals surface area (Å²) in [5.41, 5.74) is 5.99. The Morgan fingerprint density at radius 3 is 1.50 bits per heavy atom. The van der Waals surface area contributed by atoms with E-state index >= 15 is 8.42 Å². The number of anilines is 1. The van der Waals surface area contributed by atoms with Crippen LogP contribution in [0, 0.1) is 5.92 Å². The van der Waals surface area contributed by atoms with Crippen molar-refractivity contribution in [2.75, 3.05) is 40.4 Å². The Bertz CT molecular complexity index is 3380. The Hall–Kier alpha value is -8.48. The first-order chi connectivity index (χ1) is 39.6. The number of methoxy groups -OCH3 is 5. The molecule has 17 nitrogen and oxygen atoms in total. The van der Waals surface area contributed by atoms with E-state index in [9.17, 15) is 4.79 Å². The number of tetrazole rings is 1. The lowest BCUT2D eigenvalue weighted by molar-refractivity contribution is 0.0487. The molecular formula is C64H72N8O9S. The van der Waals surface area contributed by atoms with Crippen LogP contribution in [0.5, 0.6) is 28.7 Å². The number of hydrogen-bond acceptors (Lipinski definition) is 14. The highest BCUT2D eigenvalue weighted by molar-refractivity contribution is 7.89. The van der Waals surface area contributed by atoms with Crippen molar-refractivity contribution in [3.05, 3.63) is 185 Å². The Labute approximate surface area is 481 Å². The van der Waals surface area contributed by atoms with E-state index in [1.807, 2.05) is 166 Å². The van der Waals surface area contributed by atoms with Gasteiger partial charge in [-0.2, -0.15) is 9.10 Å². The first-order valence-electron chi connectivity index (χ1n) is 27.4. The van der Waals surface area contributed by atoms with Crippen molar-refractivity contribution in [3.8, 4) is 51.3 Å². The smallest absolute Gasteiger partial charge is 0.407 e. The number of benzene rings is 6. The number of carbonyl (C=O) groups excluding carboxylic acids is 1. The summed E-state index contributed by atoms with van der Waals surface area (Å²) in [7, 11) is 3.61. The molecule has 2 aromatic heterocycles. The molecule has 1 saturated carbocycles. The van der Waals surface area contributed by atoms with Crippen LogP contribution in [0.15, 0.2) is 157 Å². The molecule has 82 heavy (non-hydrogen) atoms. The summed E-state index contributed by atoms with van der Waals surface area (Å²) in [6.45, 7) is 6.89. The lowest BCUT2D eigenvalue weighted by Crippen LogP contribution is -2.41. The zero-order valence-electron chi connectivity index (χ0n) is 47.9. The van der Waals surface area contributed by atoms with Gasteiger partial charge < -0.3 is 38.6 Å². The minimum atomic E-state index is -4.50. The SMILES string of the molecule is COc1ccc(CN(Cc2ccc(OC)cc2)c2ccc(-c3ccc(CC4CCC(NC(=O)OC(C)(C)C)CC4)c(S(=O)(=O)N(Cc4ccc(OC)cc4)Cc4ccc(OC)cc4)c3-c3nnn(Cc4ccc(OC)cc4)n3)cn2)cc1. The topological polar surface area (TPSA) is 182 Å². The maximum absolute atomic E-state index is 16.5. The number of hydrogen-bond donors (Lipinski definition) is 1. The number of alkyl carbamates (subject to hydrolysis) is 1. The van der Waals surface area contributed by atoms with Gasteiger partial charge in [0.1, 0.15) is 40.2 Å². The highest BCUT2D eigenvalue weighted by Gasteiger charge is 2.36. The van der Waals surface area contributed by atoms with Crippen LogP contribution >= 0.6 is 0 Å². The highest BCUT2D eigenvalue weighted by atomic mass is 32.2. The molecule has 0 bridgehead atoms. The highest BCUT2D eigenvalue weighted by Crippen LogP contribution is 2.42. The Morgan fingerprint density at radius 1 is 0.598 bits per heavy atom. The molecule has 428 valence electrons. The van der Waals surface area contributed by atoms with Gasteiger partial charge in [-0.05, 0) is 176 Å². The zero-order chi connectivity index (χ0) is 57.8. The van der Waals surface area contributed by atoms with E-state index in [4.69, 9.17) is 43.6 Å². The normalized spacial score (nSPS) is 14.5. The van der Waals surface area contributed by atoms with Crippen LogP contribution in [0.4, 0.5) is 10.6 Å². The summed E-state index contributed by atoms with van der Waals surface area (Å²) in [6, 6.07) is 46.1. The molecule has 8 aromatic rings. The Balaban J connectivity index is 1.18. The van der Waals surface area contributed by atoms with Gasteiger partial charge in [-0.3, -0.25) is 0 Å². The van der Waals surface area contributed by atoms with E-state index in [1.54, 1.807) is 41.7 Å². The molecule has 1 aliphatic carbocycles. The van der Waals surface area contributed by atoms with Crippen LogP contribution in [-0.4, -0.2) is 91.2 Å². The minimum absolute atomic E-state index is 0.0228. The van der Waals surface area contributed by atoms with Crippen LogP contribution in [0.3, 0.4) is 0 Å². The fourth-order valence-corrected chi connectivity index (χ4v) is 12.1. The second-order valence-corrected chi connectivity index (χ2v) is 23.3. The average molecular weight is 1130 g/mol. The van der Waals surface area contributed by atoms with E-state index in [-0.39, 0.29) is 42.3 Å². The van der Waals surface area contributed by atoms with Gasteiger partial charge in [0.2, 0.25) is 15.8 Å². The van der Waals surface area contributed by atoms with Crippen molar-refractivity contribution >= 4 is 21.9 Å². The molecule has 0 saturated heterocycles. The molecule has 1 fully saturated rings. The maximum atomic E-state index is 16.5. The molecule has 0 atom stereocenters. The van der Waals surface area contributed by atoms with Gasteiger partial charge in [0, 0.05) is 44.0 Å². The Morgan fingerprint density at radius 2 is 1.06 bits per heavy atom. The Kier molecular flexibility index (Phi) is 18.7. The van der Waals surface area contributed by atoms with Crippen molar-refractivity contribution in [1.29, 1.82) is 0 Å². The van der Waals surface area contributed by atoms with Gasteiger partial charge >= 0.3 is 6.09 Å². The quantitative estimate of drug-likeness (QED) is 0.0638. The third-order valence-electron chi connectivity index (χ3n) is 14.6. The number of amides is 1. The van der Waals surface area contributed by atoms with Crippen LogP contribution < -0.4 is 33.9 Å². The van der Waals surface area contributed by atoms with Gasteiger partial charge in [-0.25, -0.2) is 18.2 Å². The zero-order valence-corrected chi connectivity index (χ0v) is 48.7. The second kappa shape index (κ2) is 26.4. The van der Waals surface area contributed by atoms with Gasteiger partial charge in [0.05, 0.1) is 52.6 Å².